The molecule has 0 aromatic carbocycles. The number of nitrogens with zero attached hydrogens (tertiary/aromatic N) is 2. The maximum atomic E-state index is 6.13. The van der Waals surface area contributed by atoms with E-state index in [4.69, 9.17) is 5.73 Å². The lowest BCUT2D eigenvalue weighted by molar-refractivity contribution is 0.0771. The number of guanidine groups is 1. The monoisotopic (exact) mass is 236 g/mol. The van der Waals surface area contributed by atoms with Gasteiger partial charge in [-0.3, -0.25) is 4.99 Å². The van der Waals surface area contributed by atoms with Gasteiger partial charge in [-0.25, -0.2) is 0 Å². The topological polar surface area (TPSA) is 53.6 Å². The highest BCUT2D eigenvalue weighted by Gasteiger charge is 2.49. The van der Waals surface area contributed by atoms with E-state index in [1.54, 1.807) is 0 Å². The van der Waals surface area contributed by atoms with Crippen LogP contribution in [0.25, 0.3) is 0 Å². The first-order valence-corrected chi connectivity index (χ1v) is 7.04. The summed E-state index contributed by atoms with van der Waals surface area (Å²) in [6.45, 7) is 6.60. The zero-order valence-electron chi connectivity index (χ0n) is 10.8. The van der Waals surface area contributed by atoms with Crippen molar-refractivity contribution in [3.05, 3.63) is 0 Å². The van der Waals surface area contributed by atoms with Crippen LogP contribution in [0, 0.1) is 11.8 Å². The summed E-state index contributed by atoms with van der Waals surface area (Å²) in [6, 6.07) is 0. The van der Waals surface area contributed by atoms with Gasteiger partial charge in [0.05, 0.1) is 12.1 Å². The molecule has 2 fully saturated rings. The van der Waals surface area contributed by atoms with Gasteiger partial charge >= 0.3 is 0 Å². The van der Waals surface area contributed by atoms with Crippen LogP contribution >= 0.6 is 0 Å². The summed E-state index contributed by atoms with van der Waals surface area (Å²) in [5, 5.41) is 3.52. The van der Waals surface area contributed by atoms with E-state index in [1.165, 1.54) is 25.7 Å². The van der Waals surface area contributed by atoms with Crippen LogP contribution in [0.5, 0.6) is 0 Å². The van der Waals surface area contributed by atoms with Crippen molar-refractivity contribution in [2.45, 2.75) is 38.1 Å². The molecular formula is C13H24N4. The molecular weight excluding hydrogens is 212 g/mol. The Labute approximate surface area is 104 Å². The molecule has 3 aliphatic rings. The standard InChI is InChI=1S/C13H24N4/c1-2-11-7-15-6-5-13(11)9-16-12(14)17(13)8-10-3-4-10/h10-11,15H,2-9H2,1H3,(H2,14,16). The number of piperidine rings is 1. The van der Waals surface area contributed by atoms with Gasteiger partial charge in [-0.15, -0.1) is 0 Å². The smallest absolute Gasteiger partial charge is 0.191 e. The van der Waals surface area contributed by atoms with Gasteiger partial charge in [0.2, 0.25) is 0 Å². The molecule has 1 spiro atoms. The lowest BCUT2D eigenvalue weighted by atomic mass is 9.76. The van der Waals surface area contributed by atoms with Gasteiger partial charge < -0.3 is 16.0 Å². The maximum absolute atomic E-state index is 6.13. The Hall–Kier alpha value is -0.770. The van der Waals surface area contributed by atoms with Crippen molar-refractivity contribution < 1.29 is 0 Å². The van der Waals surface area contributed by atoms with Gasteiger partial charge in [0.15, 0.2) is 5.96 Å². The summed E-state index contributed by atoms with van der Waals surface area (Å²) in [7, 11) is 0. The summed E-state index contributed by atoms with van der Waals surface area (Å²) in [6.07, 6.45) is 5.18. The summed E-state index contributed by atoms with van der Waals surface area (Å²) < 4.78 is 0. The number of rotatable bonds is 3. The Morgan fingerprint density at radius 2 is 2.35 bits per heavy atom. The van der Waals surface area contributed by atoms with Crippen LogP contribution < -0.4 is 11.1 Å². The minimum Gasteiger partial charge on any atom is -0.370 e. The first-order chi connectivity index (χ1) is 8.26. The van der Waals surface area contributed by atoms with Crippen LogP contribution in [-0.2, 0) is 0 Å². The Morgan fingerprint density at radius 1 is 1.53 bits per heavy atom. The first-order valence-electron chi connectivity index (χ1n) is 7.04. The highest BCUT2D eigenvalue weighted by atomic mass is 15.4. The molecule has 2 heterocycles. The molecule has 96 valence electrons. The fraction of sp³-hybridized carbons (Fsp3) is 0.923. The van der Waals surface area contributed by atoms with Crippen LogP contribution in [0.2, 0.25) is 0 Å². The van der Waals surface area contributed by atoms with Crippen molar-refractivity contribution in [2.24, 2.45) is 22.6 Å². The number of hydrogen-bond donors (Lipinski definition) is 2. The lowest BCUT2D eigenvalue weighted by Crippen LogP contribution is -2.62. The molecule has 1 saturated heterocycles. The molecule has 0 amide bonds. The quantitative estimate of drug-likeness (QED) is 0.761. The van der Waals surface area contributed by atoms with E-state index in [-0.39, 0.29) is 5.54 Å². The molecule has 2 aliphatic heterocycles. The molecule has 2 unspecified atom stereocenters. The second-order valence-corrected chi connectivity index (χ2v) is 5.89. The fourth-order valence-corrected chi connectivity index (χ4v) is 3.51. The fourth-order valence-electron chi connectivity index (χ4n) is 3.51. The van der Waals surface area contributed by atoms with Crippen LogP contribution in [0.3, 0.4) is 0 Å². The van der Waals surface area contributed by atoms with E-state index in [0.29, 0.717) is 5.92 Å². The van der Waals surface area contributed by atoms with Crippen molar-refractivity contribution in [3.63, 3.8) is 0 Å². The minimum atomic E-state index is 0.243. The van der Waals surface area contributed by atoms with E-state index >= 15 is 0 Å². The van der Waals surface area contributed by atoms with E-state index in [0.717, 1.165) is 38.1 Å². The van der Waals surface area contributed by atoms with Crippen LogP contribution in [0.4, 0.5) is 0 Å². The van der Waals surface area contributed by atoms with E-state index in [9.17, 15) is 0 Å². The second-order valence-electron chi connectivity index (χ2n) is 5.89. The number of hydrogen-bond acceptors (Lipinski definition) is 4. The predicted molar refractivity (Wildman–Crippen MR) is 69.9 cm³/mol. The third kappa shape index (κ3) is 1.82. The van der Waals surface area contributed by atoms with Crippen LogP contribution in [-0.4, -0.2) is 42.6 Å². The highest BCUT2D eigenvalue weighted by Crippen LogP contribution is 2.40. The van der Waals surface area contributed by atoms with Crippen molar-refractivity contribution in [1.29, 1.82) is 0 Å². The molecule has 1 aliphatic carbocycles. The molecule has 3 rings (SSSR count). The highest BCUT2D eigenvalue weighted by molar-refractivity contribution is 5.81. The summed E-state index contributed by atoms with van der Waals surface area (Å²) in [4.78, 5) is 7.02. The SMILES string of the molecule is CCC1CNCCC12CN=C(N)N2CC1CC1. The zero-order chi connectivity index (χ0) is 11.9. The molecule has 4 nitrogen and oxygen atoms in total. The molecule has 17 heavy (non-hydrogen) atoms. The van der Waals surface area contributed by atoms with Gasteiger partial charge in [0.1, 0.15) is 0 Å². The summed E-state index contributed by atoms with van der Waals surface area (Å²) >= 11 is 0. The van der Waals surface area contributed by atoms with Crippen LogP contribution in [0.1, 0.15) is 32.6 Å². The Balaban J connectivity index is 1.82. The molecule has 0 radical (unpaired) electrons. The number of nitrogens with two attached hydrogens (primary N) is 1. The van der Waals surface area contributed by atoms with Crippen LogP contribution in [0.15, 0.2) is 4.99 Å². The third-order valence-corrected chi connectivity index (χ3v) is 4.84. The molecule has 2 atom stereocenters. The largest absolute Gasteiger partial charge is 0.370 e. The van der Waals surface area contributed by atoms with Crippen molar-refractivity contribution in [2.75, 3.05) is 26.2 Å². The number of aliphatic imine (C=N–C) groups is 1. The molecule has 3 N–H and O–H groups in total. The first kappa shape index (κ1) is 11.3. The van der Waals surface area contributed by atoms with Crippen molar-refractivity contribution >= 4 is 5.96 Å². The summed E-state index contributed by atoms with van der Waals surface area (Å²) in [5.41, 5.74) is 6.38. The van der Waals surface area contributed by atoms with Gasteiger partial charge in [0, 0.05) is 13.1 Å². The second kappa shape index (κ2) is 4.16. The average Bonchev–Trinajstić information content (AvgIpc) is 3.12. The van der Waals surface area contributed by atoms with Gasteiger partial charge in [-0.1, -0.05) is 6.92 Å². The molecule has 1 saturated carbocycles. The predicted octanol–water partition coefficient (Wildman–Crippen LogP) is 0.785. The van der Waals surface area contributed by atoms with Crippen molar-refractivity contribution in [1.82, 2.24) is 10.2 Å². The summed E-state index contributed by atoms with van der Waals surface area (Å²) in [5.74, 6) is 2.38. The van der Waals surface area contributed by atoms with Gasteiger partial charge in [0.25, 0.3) is 0 Å². The molecule has 0 bridgehead atoms. The third-order valence-electron chi connectivity index (χ3n) is 4.84. The van der Waals surface area contributed by atoms with E-state index < -0.39 is 0 Å². The maximum Gasteiger partial charge on any atom is 0.191 e. The average molecular weight is 236 g/mol. The zero-order valence-corrected chi connectivity index (χ0v) is 10.8. The van der Waals surface area contributed by atoms with E-state index in [1.807, 2.05) is 0 Å². The Morgan fingerprint density at radius 3 is 3.06 bits per heavy atom. The lowest BCUT2D eigenvalue weighted by Gasteiger charge is -2.48. The van der Waals surface area contributed by atoms with E-state index in [2.05, 4.69) is 22.1 Å². The normalized spacial score (nSPS) is 37.6. The minimum absolute atomic E-state index is 0.243. The molecule has 4 heteroatoms. The van der Waals surface area contributed by atoms with Gasteiger partial charge in [-0.05, 0) is 44.1 Å². The molecule has 0 aromatic rings. The number of nitrogens with one attached hydrogen (secondary N) is 1. The molecule has 0 aromatic heterocycles. The Bertz CT molecular complexity index is 323. The Kier molecular flexibility index (Phi) is 2.77. The van der Waals surface area contributed by atoms with Crippen molar-refractivity contribution in [3.8, 4) is 0 Å². The van der Waals surface area contributed by atoms with Gasteiger partial charge in [-0.2, -0.15) is 0 Å².